The van der Waals surface area contributed by atoms with Crippen LogP contribution >= 0.6 is 11.5 Å². The first kappa shape index (κ1) is 13.1. The standard InChI is InChI=1S/C14H15N3O2S/c1-8-3-4-11-9(8)7-10(14(19)17(11)2)13(18)16-12-5-6-15-20-12/h5-8H,3-4H2,1-2H3,(H,16,18)/t8-/m1/s1. The Bertz CT molecular complexity index is 719. The second kappa shape index (κ2) is 4.86. The van der Waals surface area contributed by atoms with E-state index in [1.165, 1.54) is 11.5 Å². The van der Waals surface area contributed by atoms with Crippen LogP contribution in [0.25, 0.3) is 0 Å². The minimum Gasteiger partial charge on any atom is -0.315 e. The SMILES string of the molecule is C[C@@H]1CCc2c1cc(C(=O)Nc1ccns1)c(=O)n2C. The van der Waals surface area contributed by atoms with Gasteiger partial charge in [0.25, 0.3) is 11.5 Å². The zero-order valence-electron chi connectivity index (χ0n) is 11.3. The van der Waals surface area contributed by atoms with Crippen molar-refractivity contribution in [2.45, 2.75) is 25.7 Å². The van der Waals surface area contributed by atoms with E-state index < -0.39 is 0 Å². The molecule has 0 unspecified atom stereocenters. The molecule has 2 aromatic heterocycles. The maximum atomic E-state index is 12.3. The lowest BCUT2D eigenvalue weighted by molar-refractivity contribution is 0.102. The molecule has 2 aromatic rings. The lowest BCUT2D eigenvalue weighted by Crippen LogP contribution is -2.29. The van der Waals surface area contributed by atoms with Gasteiger partial charge in [0, 0.05) is 18.9 Å². The highest BCUT2D eigenvalue weighted by molar-refractivity contribution is 7.10. The Balaban J connectivity index is 2.02. The van der Waals surface area contributed by atoms with Crippen LogP contribution in [0, 0.1) is 0 Å². The highest BCUT2D eigenvalue weighted by Crippen LogP contribution is 2.31. The molecule has 0 aliphatic heterocycles. The number of aromatic nitrogens is 2. The molecule has 0 fully saturated rings. The molecule has 1 N–H and O–H groups in total. The van der Waals surface area contributed by atoms with E-state index in [-0.39, 0.29) is 17.0 Å². The average Bonchev–Trinajstić information content (AvgIpc) is 3.04. The maximum absolute atomic E-state index is 12.3. The van der Waals surface area contributed by atoms with Crippen molar-refractivity contribution in [2.24, 2.45) is 7.05 Å². The van der Waals surface area contributed by atoms with Gasteiger partial charge in [-0.2, -0.15) is 4.37 Å². The van der Waals surface area contributed by atoms with E-state index in [1.54, 1.807) is 29.9 Å². The summed E-state index contributed by atoms with van der Waals surface area (Å²) in [6.07, 6.45) is 3.55. The lowest BCUT2D eigenvalue weighted by Gasteiger charge is -2.11. The summed E-state index contributed by atoms with van der Waals surface area (Å²) < 4.78 is 5.53. The summed E-state index contributed by atoms with van der Waals surface area (Å²) in [5.74, 6) is 0.0310. The van der Waals surface area contributed by atoms with E-state index in [0.717, 1.165) is 24.1 Å². The zero-order valence-corrected chi connectivity index (χ0v) is 12.2. The number of hydrogen-bond donors (Lipinski definition) is 1. The van der Waals surface area contributed by atoms with Crippen LogP contribution in [0.3, 0.4) is 0 Å². The Kier molecular flexibility index (Phi) is 3.17. The van der Waals surface area contributed by atoms with Crippen LogP contribution < -0.4 is 10.9 Å². The molecule has 0 saturated heterocycles. The summed E-state index contributed by atoms with van der Waals surface area (Å²) in [5, 5.41) is 3.36. The molecular formula is C14H15N3O2S. The van der Waals surface area contributed by atoms with Gasteiger partial charge in [-0.3, -0.25) is 9.59 Å². The molecule has 20 heavy (non-hydrogen) atoms. The summed E-state index contributed by atoms with van der Waals surface area (Å²) in [6, 6.07) is 3.47. The molecule has 0 saturated carbocycles. The number of nitrogens with one attached hydrogen (secondary N) is 1. The molecule has 1 atom stereocenters. The van der Waals surface area contributed by atoms with Gasteiger partial charge in [0.05, 0.1) is 0 Å². The zero-order chi connectivity index (χ0) is 14.3. The largest absolute Gasteiger partial charge is 0.315 e. The summed E-state index contributed by atoms with van der Waals surface area (Å²) in [4.78, 5) is 24.5. The third kappa shape index (κ3) is 2.06. The molecule has 1 aliphatic carbocycles. The molecule has 0 spiro atoms. The van der Waals surface area contributed by atoms with Crippen LogP contribution in [0.4, 0.5) is 5.00 Å². The second-order valence-corrected chi connectivity index (χ2v) is 5.93. The summed E-state index contributed by atoms with van der Waals surface area (Å²) in [6.45, 7) is 2.13. The van der Waals surface area contributed by atoms with Crippen molar-refractivity contribution in [3.05, 3.63) is 45.5 Å². The molecule has 1 amide bonds. The van der Waals surface area contributed by atoms with Gasteiger partial charge < -0.3 is 9.88 Å². The fraction of sp³-hybridized carbons (Fsp3) is 0.357. The number of nitrogens with zero attached hydrogens (tertiary/aromatic N) is 2. The molecule has 5 nitrogen and oxygen atoms in total. The number of fused-ring (bicyclic) bond motifs is 1. The van der Waals surface area contributed by atoms with Gasteiger partial charge >= 0.3 is 0 Å². The summed E-state index contributed by atoms with van der Waals surface area (Å²) in [5.41, 5.74) is 2.13. The van der Waals surface area contributed by atoms with E-state index >= 15 is 0 Å². The molecule has 0 bridgehead atoms. The Hall–Kier alpha value is -1.95. The Morgan fingerprint density at radius 2 is 2.35 bits per heavy atom. The number of pyridine rings is 1. The van der Waals surface area contributed by atoms with E-state index in [4.69, 9.17) is 0 Å². The van der Waals surface area contributed by atoms with Gasteiger partial charge in [-0.25, -0.2) is 0 Å². The lowest BCUT2D eigenvalue weighted by atomic mass is 10.0. The number of amides is 1. The van der Waals surface area contributed by atoms with Gasteiger partial charge in [-0.1, -0.05) is 6.92 Å². The molecule has 0 aromatic carbocycles. The number of anilines is 1. The maximum Gasteiger partial charge on any atom is 0.263 e. The summed E-state index contributed by atoms with van der Waals surface area (Å²) in [7, 11) is 1.74. The highest BCUT2D eigenvalue weighted by Gasteiger charge is 2.25. The van der Waals surface area contributed by atoms with Gasteiger partial charge in [0.2, 0.25) is 0 Å². The molecule has 104 valence electrons. The van der Waals surface area contributed by atoms with Crippen LogP contribution in [0.15, 0.2) is 23.1 Å². The normalized spacial score (nSPS) is 17.0. The first-order valence-electron chi connectivity index (χ1n) is 6.52. The molecule has 3 rings (SSSR count). The third-order valence-electron chi connectivity index (χ3n) is 3.84. The molecule has 0 radical (unpaired) electrons. The minimum atomic E-state index is -0.364. The highest BCUT2D eigenvalue weighted by atomic mass is 32.1. The topological polar surface area (TPSA) is 64.0 Å². The van der Waals surface area contributed by atoms with Crippen LogP contribution in [-0.4, -0.2) is 14.8 Å². The van der Waals surface area contributed by atoms with E-state index in [0.29, 0.717) is 10.9 Å². The van der Waals surface area contributed by atoms with Crippen LogP contribution in [0.1, 0.15) is 40.9 Å². The van der Waals surface area contributed by atoms with E-state index in [1.807, 2.05) is 0 Å². The van der Waals surface area contributed by atoms with Crippen molar-refractivity contribution < 1.29 is 4.79 Å². The first-order valence-corrected chi connectivity index (χ1v) is 7.30. The van der Waals surface area contributed by atoms with Crippen LogP contribution in [0.2, 0.25) is 0 Å². The monoisotopic (exact) mass is 289 g/mol. The van der Waals surface area contributed by atoms with Gasteiger partial charge in [-0.15, -0.1) is 0 Å². The van der Waals surface area contributed by atoms with Crippen molar-refractivity contribution in [2.75, 3.05) is 5.32 Å². The molecule has 1 aliphatic rings. The Morgan fingerprint density at radius 1 is 1.55 bits per heavy atom. The van der Waals surface area contributed by atoms with Crippen LogP contribution in [0.5, 0.6) is 0 Å². The number of carbonyl (C=O) groups is 1. The fourth-order valence-electron chi connectivity index (χ4n) is 2.67. The van der Waals surface area contributed by atoms with Gasteiger partial charge in [0.15, 0.2) is 0 Å². The third-order valence-corrected chi connectivity index (χ3v) is 4.50. The fourth-order valence-corrected chi connectivity index (χ4v) is 3.16. The molecule has 2 heterocycles. The molecule has 6 heteroatoms. The average molecular weight is 289 g/mol. The number of hydrogen-bond acceptors (Lipinski definition) is 4. The van der Waals surface area contributed by atoms with Gasteiger partial charge in [0.1, 0.15) is 10.6 Å². The van der Waals surface area contributed by atoms with Crippen molar-refractivity contribution >= 4 is 22.4 Å². The van der Waals surface area contributed by atoms with E-state index in [2.05, 4.69) is 16.6 Å². The number of carbonyl (C=O) groups excluding carboxylic acids is 1. The Morgan fingerprint density at radius 3 is 3.05 bits per heavy atom. The van der Waals surface area contributed by atoms with Crippen molar-refractivity contribution in [1.29, 1.82) is 0 Å². The first-order chi connectivity index (χ1) is 9.58. The van der Waals surface area contributed by atoms with Crippen LogP contribution in [-0.2, 0) is 13.5 Å². The number of rotatable bonds is 2. The van der Waals surface area contributed by atoms with Crippen molar-refractivity contribution in [1.82, 2.24) is 8.94 Å². The van der Waals surface area contributed by atoms with Gasteiger partial charge in [-0.05, 0) is 48.0 Å². The van der Waals surface area contributed by atoms with E-state index in [9.17, 15) is 9.59 Å². The molecular weight excluding hydrogens is 274 g/mol. The predicted octanol–water partition coefficient (Wildman–Crippen LogP) is 2.14. The Labute approximate surface area is 120 Å². The van der Waals surface area contributed by atoms with Crippen molar-refractivity contribution in [3.63, 3.8) is 0 Å². The van der Waals surface area contributed by atoms with Crippen molar-refractivity contribution in [3.8, 4) is 0 Å². The minimum absolute atomic E-state index is 0.202. The summed E-state index contributed by atoms with van der Waals surface area (Å²) >= 11 is 1.19. The quantitative estimate of drug-likeness (QED) is 0.921. The second-order valence-electron chi connectivity index (χ2n) is 5.09. The predicted molar refractivity (Wildman–Crippen MR) is 78.5 cm³/mol. The smallest absolute Gasteiger partial charge is 0.263 e.